The second kappa shape index (κ2) is 9.90. The Balaban J connectivity index is 0.00000364. The van der Waals surface area contributed by atoms with Crippen molar-refractivity contribution in [2.45, 2.75) is 39.0 Å². The van der Waals surface area contributed by atoms with Gasteiger partial charge >= 0.3 is 0 Å². The summed E-state index contributed by atoms with van der Waals surface area (Å²) < 4.78 is 42.7. The zero-order chi connectivity index (χ0) is 19.4. The lowest BCUT2D eigenvalue weighted by Crippen LogP contribution is -2.57. The lowest BCUT2D eigenvalue weighted by atomic mass is 10.2. The van der Waals surface area contributed by atoms with E-state index < -0.39 is 20.4 Å². The van der Waals surface area contributed by atoms with Gasteiger partial charge in [0.1, 0.15) is 0 Å². The molecule has 0 saturated carbocycles. The van der Waals surface area contributed by atoms with Crippen LogP contribution < -0.4 is 10.1 Å². The molecule has 9 heteroatoms. The zero-order valence-electron chi connectivity index (χ0n) is 16.3. The highest BCUT2D eigenvalue weighted by Crippen LogP contribution is 2.24. The van der Waals surface area contributed by atoms with Crippen molar-refractivity contribution in [3.8, 4) is 5.75 Å². The molecule has 1 fully saturated rings. The molecule has 2 rings (SSSR count). The molecule has 1 aliphatic rings. The number of nitrogens with zero attached hydrogens (tertiary/aromatic N) is 2. The number of aliphatic imine (C=N–C) groups is 1. The summed E-state index contributed by atoms with van der Waals surface area (Å²) in [5.74, 6) is 0.567. The Morgan fingerprint density at radius 3 is 2.63 bits per heavy atom. The number of rotatable bonds is 5. The first-order valence-electron chi connectivity index (χ1n) is 8.87. The third-order valence-corrected chi connectivity index (χ3v) is 6.92. The molecule has 0 atom stereocenters. The second-order valence-corrected chi connectivity index (χ2v) is 9.61. The van der Waals surface area contributed by atoms with E-state index in [1.54, 1.807) is 32.9 Å². The number of halogens is 2. The number of benzene rings is 1. The van der Waals surface area contributed by atoms with Gasteiger partial charge in [0.05, 0.1) is 23.7 Å². The summed E-state index contributed by atoms with van der Waals surface area (Å²) in [5.41, 5.74) is 0.727. The van der Waals surface area contributed by atoms with Crippen molar-refractivity contribution < 1.29 is 17.5 Å². The highest BCUT2D eigenvalue weighted by Gasteiger charge is 2.40. The molecule has 1 aromatic carbocycles. The Morgan fingerprint density at radius 1 is 1.37 bits per heavy atom. The lowest BCUT2D eigenvalue weighted by molar-refractivity contribution is 0.321. The molecule has 1 aromatic rings. The molecule has 1 N–H and O–H groups in total. The fraction of sp³-hybridized carbons (Fsp3) is 0.611. The topological polar surface area (TPSA) is 71.0 Å². The monoisotopic (exact) mass is 513 g/mol. The largest absolute Gasteiger partial charge is 0.491 e. The summed E-state index contributed by atoms with van der Waals surface area (Å²) in [5, 5.41) is 3.20. The van der Waals surface area contributed by atoms with E-state index in [-0.39, 0.29) is 35.5 Å². The van der Waals surface area contributed by atoms with Crippen molar-refractivity contribution in [1.29, 1.82) is 0 Å². The average molecular weight is 513 g/mol. The Hall–Kier alpha value is -1.10. The van der Waals surface area contributed by atoms with Gasteiger partial charge < -0.3 is 15.0 Å². The van der Waals surface area contributed by atoms with Crippen molar-refractivity contribution in [2.75, 3.05) is 32.0 Å². The maximum absolute atomic E-state index is 14.0. The van der Waals surface area contributed by atoms with Gasteiger partial charge in [0.2, 0.25) is 0 Å². The van der Waals surface area contributed by atoms with Crippen LogP contribution >= 0.6 is 24.0 Å². The van der Waals surface area contributed by atoms with E-state index in [1.165, 1.54) is 6.07 Å². The number of sulfone groups is 1. The van der Waals surface area contributed by atoms with Crippen LogP contribution in [-0.4, -0.2) is 56.0 Å². The Bertz CT molecular complexity index is 769. The first-order valence-corrected chi connectivity index (χ1v) is 10.5. The van der Waals surface area contributed by atoms with Gasteiger partial charge in [-0.25, -0.2) is 17.8 Å². The summed E-state index contributed by atoms with van der Waals surface area (Å²) in [6, 6.07) is 4.81. The fourth-order valence-corrected chi connectivity index (χ4v) is 4.20. The molecular weight excluding hydrogens is 484 g/mol. The molecule has 0 aromatic heterocycles. The molecule has 1 saturated heterocycles. The van der Waals surface area contributed by atoms with Crippen molar-refractivity contribution >= 4 is 39.8 Å². The Labute approximate surface area is 178 Å². The van der Waals surface area contributed by atoms with Crippen LogP contribution in [0.25, 0.3) is 0 Å². The van der Waals surface area contributed by atoms with Crippen LogP contribution in [-0.2, 0) is 16.4 Å². The Kier molecular flexibility index (Phi) is 8.78. The molecule has 0 radical (unpaired) electrons. The van der Waals surface area contributed by atoms with E-state index in [4.69, 9.17) is 4.74 Å². The fourth-order valence-electron chi connectivity index (χ4n) is 2.83. The molecule has 27 heavy (non-hydrogen) atoms. The molecule has 0 unspecified atom stereocenters. The Morgan fingerprint density at radius 2 is 2.07 bits per heavy atom. The smallest absolute Gasteiger partial charge is 0.194 e. The van der Waals surface area contributed by atoms with Crippen LogP contribution in [0.4, 0.5) is 4.39 Å². The van der Waals surface area contributed by atoms with Gasteiger partial charge in [-0.1, -0.05) is 6.07 Å². The lowest BCUT2D eigenvalue weighted by Gasteiger charge is -2.39. The number of hydrogen-bond acceptors (Lipinski definition) is 4. The predicted molar refractivity (Wildman–Crippen MR) is 117 cm³/mol. The summed E-state index contributed by atoms with van der Waals surface area (Å²) >= 11 is 0. The van der Waals surface area contributed by atoms with E-state index in [9.17, 15) is 12.8 Å². The SMILES string of the molecule is CCNC(=NCc1ccc(OCC)c(F)c1)N1CCS(=O)(=O)C(C)(C)C1.I. The third-order valence-electron chi connectivity index (χ3n) is 4.39. The molecule has 154 valence electrons. The summed E-state index contributed by atoms with van der Waals surface area (Å²) in [4.78, 5) is 6.52. The summed E-state index contributed by atoms with van der Waals surface area (Å²) in [6.45, 7) is 9.38. The van der Waals surface area contributed by atoms with Gasteiger partial charge in [0.15, 0.2) is 27.4 Å². The van der Waals surface area contributed by atoms with Gasteiger partial charge in [-0.15, -0.1) is 24.0 Å². The van der Waals surface area contributed by atoms with Crippen molar-refractivity contribution in [2.24, 2.45) is 4.99 Å². The average Bonchev–Trinajstić information content (AvgIpc) is 2.56. The summed E-state index contributed by atoms with van der Waals surface area (Å²) in [7, 11) is -3.11. The maximum atomic E-state index is 14.0. The van der Waals surface area contributed by atoms with Crippen molar-refractivity contribution in [1.82, 2.24) is 10.2 Å². The number of nitrogens with one attached hydrogen (secondary N) is 1. The van der Waals surface area contributed by atoms with Crippen LogP contribution in [0.1, 0.15) is 33.3 Å². The third kappa shape index (κ3) is 5.94. The molecule has 1 heterocycles. The molecule has 1 aliphatic heterocycles. The van der Waals surface area contributed by atoms with Crippen LogP contribution in [0.3, 0.4) is 0 Å². The van der Waals surface area contributed by atoms with E-state index in [2.05, 4.69) is 10.3 Å². The normalized spacial score (nSPS) is 18.6. The number of hydrogen-bond donors (Lipinski definition) is 1. The van der Waals surface area contributed by atoms with Gasteiger partial charge in [0, 0.05) is 19.6 Å². The maximum Gasteiger partial charge on any atom is 0.194 e. The minimum atomic E-state index is -3.11. The standard InChI is InChI=1S/C18H28FN3O3S.HI/c1-5-20-17(22-9-10-26(23,24)18(3,4)13-22)21-12-14-7-8-16(25-6-2)15(19)11-14;/h7-8,11H,5-6,9-10,12-13H2,1-4H3,(H,20,21);1H. The van der Waals surface area contributed by atoms with E-state index >= 15 is 0 Å². The molecule has 0 spiro atoms. The van der Waals surface area contributed by atoms with Crippen LogP contribution in [0, 0.1) is 5.82 Å². The highest BCUT2D eigenvalue weighted by molar-refractivity contribution is 14.0. The molecular formula is C18H29FIN3O3S. The van der Waals surface area contributed by atoms with Gasteiger partial charge in [-0.2, -0.15) is 0 Å². The van der Waals surface area contributed by atoms with Gasteiger partial charge in [-0.05, 0) is 45.4 Å². The van der Waals surface area contributed by atoms with Crippen LogP contribution in [0.2, 0.25) is 0 Å². The van der Waals surface area contributed by atoms with E-state index in [1.807, 2.05) is 11.8 Å². The quantitative estimate of drug-likeness (QED) is 0.373. The molecule has 0 aliphatic carbocycles. The minimum absolute atomic E-state index is 0. The van der Waals surface area contributed by atoms with Gasteiger partial charge in [-0.3, -0.25) is 0 Å². The van der Waals surface area contributed by atoms with Crippen molar-refractivity contribution in [3.05, 3.63) is 29.6 Å². The summed E-state index contributed by atoms with van der Waals surface area (Å²) in [6.07, 6.45) is 0. The van der Waals surface area contributed by atoms with E-state index in [0.717, 1.165) is 5.56 Å². The number of guanidine groups is 1. The second-order valence-electron chi connectivity index (χ2n) is 6.87. The molecule has 6 nitrogen and oxygen atoms in total. The minimum Gasteiger partial charge on any atom is -0.491 e. The predicted octanol–water partition coefficient (Wildman–Crippen LogP) is 2.82. The first-order chi connectivity index (χ1) is 12.2. The molecule has 0 amide bonds. The first kappa shape index (κ1) is 23.9. The zero-order valence-corrected chi connectivity index (χ0v) is 19.4. The number of ether oxygens (including phenoxy) is 1. The van der Waals surface area contributed by atoms with Crippen LogP contribution in [0.5, 0.6) is 5.75 Å². The van der Waals surface area contributed by atoms with Crippen molar-refractivity contribution in [3.63, 3.8) is 0 Å². The van der Waals surface area contributed by atoms with Crippen LogP contribution in [0.15, 0.2) is 23.2 Å². The van der Waals surface area contributed by atoms with E-state index in [0.29, 0.717) is 38.7 Å². The van der Waals surface area contributed by atoms with Gasteiger partial charge in [0.25, 0.3) is 0 Å². The highest BCUT2D eigenvalue weighted by atomic mass is 127. The molecule has 0 bridgehead atoms.